The first-order chi connectivity index (χ1) is 12.0. The number of nitrogens with one attached hydrogen (secondary N) is 1. The Hall–Kier alpha value is -2.08. The molecule has 0 bridgehead atoms. The van der Waals surface area contributed by atoms with Gasteiger partial charge >= 0.3 is 0 Å². The van der Waals surface area contributed by atoms with E-state index in [-0.39, 0.29) is 24.5 Å². The van der Waals surface area contributed by atoms with Crippen LogP contribution in [0.15, 0.2) is 24.3 Å². The molecule has 1 atom stereocenters. The highest BCUT2D eigenvalue weighted by atomic mass is 16.5. The minimum absolute atomic E-state index is 0.0141. The number of rotatable bonds is 7. The number of benzene rings is 1. The largest absolute Gasteiger partial charge is 0.484 e. The molecular weight excluding hydrogens is 320 g/mol. The fourth-order valence-electron chi connectivity index (χ4n) is 2.86. The van der Waals surface area contributed by atoms with Crippen LogP contribution in [0.3, 0.4) is 0 Å². The summed E-state index contributed by atoms with van der Waals surface area (Å²) in [6.45, 7) is 7.82. The van der Waals surface area contributed by atoms with Crippen molar-refractivity contribution in [2.24, 2.45) is 5.92 Å². The average Bonchev–Trinajstić information content (AvgIpc) is 2.60. The van der Waals surface area contributed by atoms with Gasteiger partial charge in [0, 0.05) is 24.7 Å². The van der Waals surface area contributed by atoms with Gasteiger partial charge in [0.2, 0.25) is 5.91 Å². The molecule has 0 radical (unpaired) electrons. The summed E-state index contributed by atoms with van der Waals surface area (Å²) >= 11 is 0. The fraction of sp³-hybridized carbons (Fsp3) is 0.579. The van der Waals surface area contributed by atoms with E-state index in [4.69, 9.17) is 9.47 Å². The van der Waals surface area contributed by atoms with Gasteiger partial charge in [-0.1, -0.05) is 26.8 Å². The Bertz CT molecular complexity index is 589. The van der Waals surface area contributed by atoms with Crippen molar-refractivity contribution in [3.05, 3.63) is 24.3 Å². The highest BCUT2D eigenvalue weighted by molar-refractivity contribution is 5.90. The van der Waals surface area contributed by atoms with E-state index >= 15 is 0 Å². The van der Waals surface area contributed by atoms with Crippen molar-refractivity contribution < 1.29 is 19.1 Å². The monoisotopic (exact) mass is 348 g/mol. The van der Waals surface area contributed by atoms with Crippen LogP contribution in [0.2, 0.25) is 0 Å². The van der Waals surface area contributed by atoms with E-state index in [0.717, 1.165) is 6.42 Å². The van der Waals surface area contributed by atoms with Crippen LogP contribution in [0.4, 0.5) is 5.69 Å². The van der Waals surface area contributed by atoms with Gasteiger partial charge in [0.25, 0.3) is 5.91 Å². The van der Waals surface area contributed by atoms with Gasteiger partial charge in [-0.05, 0) is 24.5 Å². The lowest BCUT2D eigenvalue weighted by atomic mass is 10.0. The summed E-state index contributed by atoms with van der Waals surface area (Å²) in [5, 5.41) is 2.78. The summed E-state index contributed by atoms with van der Waals surface area (Å²) in [4.78, 5) is 25.9. The molecule has 1 aliphatic rings. The van der Waals surface area contributed by atoms with Crippen molar-refractivity contribution in [1.82, 2.24) is 4.90 Å². The van der Waals surface area contributed by atoms with Crippen molar-refractivity contribution in [1.29, 1.82) is 0 Å². The molecule has 25 heavy (non-hydrogen) atoms. The second-order valence-electron chi connectivity index (χ2n) is 6.66. The average molecular weight is 348 g/mol. The van der Waals surface area contributed by atoms with Crippen LogP contribution in [0.25, 0.3) is 0 Å². The summed E-state index contributed by atoms with van der Waals surface area (Å²) in [5.74, 6) is 0.979. The van der Waals surface area contributed by atoms with E-state index in [0.29, 0.717) is 43.5 Å². The van der Waals surface area contributed by atoms with Gasteiger partial charge in [-0.15, -0.1) is 0 Å². The molecule has 1 N–H and O–H groups in total. The number of morpholine rings is 1. The minimum atomic E-state index is -0.0573. The first-order valence-corrected chi connectivity index (χ1v) is 8.89. The molecule has 2 rings (SSSR count). The third-order valence-electron chi connectivity index (χ3n) is 4.09. The van der Waals surface area contributed by atoms with Gasteiger partial charge in [-0.3, -0.25) is 9.59 Å². The maximum absolute atomic E-state index is 12.5. The number of hydrogen-bond donors (Lipinski definition) is 1. The third kappa shape index (κ3) is 6.05. The topological polar surface area (TPSA) is 67.9 Å². The van der Waals surface area contributed by atoms with Crippen LogP contribution in [0.1, 0.15) is 33.6 Å². The number of carbonyl (C=O) groups excluding carboxylic acids is 2. The van der Waals surface area contributed by atoms with Gasteiger partial charge in [0.1, 0.15) is 5.75 Å². The maximum Gasteiger partial charge on any atom is 0.260 e. The fourth-order valence-corrected chi connectivity index (χ4v) is 2.86. The summed E-state index contributed by atoms with van der Waals surface area (Å²) in [6.07, 6.45) is 1.34. The quantitative estimate of drug-likeness (QED) is 0.823. The summed E-state index contributed by atoms with van der Waals surface area (Å²) in [7, 11) is 0. The smallest absolute Gasteiger partial charge is 0.260 e. The zero-order valence-electron chi connectivity index (χ0n) is 15.3. The number of carbonyl (C=O) groups is 2. The molecule has 1 fully saturated rings. The molecule has 1 saturated heterocycles. The number of nitrogens with zero attached hydrogens (tertiary/aromatic N) is 1. The van der Waals surface area contributed by atoms with E-state index in [1.807, 2.05) is 4.90 Å². The maximum atomic E-state index is 12.5. The Morgan fingerprint density at radius 1 is 1.40 bits per heavy atom. The molecule has 138 valence electrons. The standard InChI is InChI=1S/C19H28N2O4/c1-4-18(22)20-15-6-5-7-17(11-15)25-13-19(23)21-8-9-24-12-16(21)10-14(2)3/h5-7,11,14,16H,4,8-10,12-13H2,1-3H3,(H,20,22). The van der Waals surface area contributed by atoms with Crippen LogP contribution in [0.5, 0.6) is 5.75 Å². The Morgan fingerprint density at radius 2 is 2.20 bits per heavy atom. The molecule has 1 aromatic carbocycles. The molecular formula is C19H28N2O4. The SMILES string of the molecule is CCC(=O)Nc1cccc(OCC(=O)N2CCOCC2CC(C)C)c1. The van der Waals surface area contributed by atoms with Gasteiger partial charge in [-0.25, -0.2) is 0 Å². The van der Waals surface area contributed by atoms with Crippen molar-refractivity contribution in [2.45, 2.75) is 39.7 Å². The van der Waals surface area contributed by atoms with Crippen LogP contribution in [0, 0.1) is 5.92 Å². The predicted molar refractivity (Wildman–Crippen MR) is 96.6 cm³/mol. The lowest BCUT2D eigenvalue weighted by Crippen LogP contribution is -2.50. The highest BCUT2D eigenvalue weighted by Crippen LogP contribution is 2.19. The van der Waals surface area contributed by atoms with Gasteiger partial charge in [-0.2, -0.15) is 0 Å². The Balaban J connectivity index is 1.92. The number of anilines is 1. The molecule has 0 aromatic heterocycles. The Morgan fingerprint density at radius 3 is 2.92 bits per heavy atom. The molecule has 1 unspecified atom stereocenters. The number of hydrogen-bond acceptors (Lipinski definition) is 4. The van der Waals surface area contributed by atoms with Crippen molar-refractivity contribution in [3.63, 3.8) is 0 Å². The van der Waals surface area contributed by atoms with Crippen molar-refractivity contribution in [2.75, 3.05) is 31.7 Å². The van der Waals surface area contributed by atoms with E-state index in [1.165, 1.54) is 0 Å². The molecule has 1 aliphatic heterocycles. The van der Waals surface area contributed by atoms with Crippen molar-refractivity contribution >= 4 is 17.5 Å². The minimum Gasteiger partial charge on any atom is -0.484 e. The van der Waals surface area contributed by atoms with Crippen LogP contribution in [-0.2, 0) is 14.3 Å². The summed E-state index contributed by atoms with van der Waals surface area (Å²) in [5.41, 5.74) is 0.667. The molecule has 6 nitrogen and oxygen atoms in total. The second-order valence-corrected chi connectivity index (χ2v) is 6.66. The van der Waals surface area contributed by atoms with Gasteiger partial charge in [0.05, 0.1) is 19.3 Å². The lowest BCUT2D eigenvalue weighted by Gasteiger charge is -2.36. The summed E-state index contributed by atoms with van der Waals surface area (Å²) in [6, 6.07) is 7.20. The van der Waals surface area contributed by atoms with E-state index in [2.05, 4.69) is 19.2 Å². The summed E-state index contributed by atoms with van der Waals surface area (Å²) < 4.78 is 11.2. The molecule has 0 spiro atoms. The van der Waals surface area contributed by atoms with E-state index < -0.39 is 0 Å². The second kappa shape index (κ2) is 9.42. The molecule has 0 saturated carbocycles. The van der Waals surface area contributed by atoms with E-state index in [9.17, 15) is 9.59 Å². The number of amides is 2. The molecule has 2 amide bonds. The molecule has 6 heteroatoms. The Kier molecular flexibility index (Phi) is 7.25. The van der Waals surface area contributed by atoms with Gasteiger partial charge in [0.15, 0.2) is 6.61 Å². The zero-order valence-corrected chi connectivity index (χ0v) is 15.3. The first-order valence-electron chi connectivity index (χ1n) is 8.89. The lowest BCUT2D eigenvalue weighted by molar-refractivity contribution is -0.142. The molecule has 1 aromatic rings. The zero-order chi connectivity index (χ0) is 18.2. The predicted octanol–water partition coefficient (Wildman–Crippen LogP) is 2.69. The first kappa shape index (κ1) is 19.2. The normalized spacial score (nSPS) is 17.4. The highest BCUT2D eigenvalue weighted by Gasteiger charge is 2.28. The van der Waals surface area contributed by atoms with Crippen LogP contribution < -0.4 is 10.1 Å². The molecule has 1 heterocycles. The van der Waals surface area contributed by atoms with Crippen LogP contribution >= 0.6 is 0 Å². The van der Waals surface area contributed by atoms with Crippen molar-refractivity contribution in [3.8, 4) is 5.75 Å². The number of ether oxygens (including phenoxy) is 2. The van der Waals surface area contributed by atoms with Crippen LogP contribution in [-0.4, -0.2) is 49.1 Å². The molecule has 0 aliphatic carbocycles. The van der Waals surface area contributed by atoms with Gasteiger partial charge < -0.3 is 19.7 Å². The Labute approximate surface area is 149 Å². The third-order valence-corrected chi connectivity index (χ3v) is 4.09. The van der Waals surface area contributed by atoms with E-state index in [1.54, 1.807) is 31.2 Å².